The Bertz CT molecular complexity index is 488. The highest BCUT2D eigenvalue weighted by Crippen LogP contribution is 2.34. The number of nitrogens with one attached hydrogen (secondary N) is 1. The van der Waals surface area contributed by atoms with Gasteiger partial charge >= 0.3 is 6.18 Å². The van der Waals surface area contributed by atoms with Gasteiger partial charge in [-0.05, 0) is 44.1 Å². The summed E-state index contributed by atoms with van der Waals surface area (Å²) < 4.78 is 43.9. The van der Waals surface area contributed by atoms with E-state index in [9.17, 15) is 13.2 Å². The molecule has 0 bridgehead atoms. The average molecular weight is 270 g/mol. The number of piperidine rings is 1. The maximum Gasteiger partial charge on any atom is 0.417 e. The molecule has 102 valence electrons. The Kier molecular flexibility index (Phi) is 3.96. The number of hydrogen-bond donors (Lipinski definition) is 1. The smallest absolute Gasteiger partial charge is 0.417 e. The maximum atomic E-state index is 12.8. The van der Waals surface area contributed by atoms with E-state index in [-0.39, 0.29) is 17.4 Å². The minimum absolute atomic E-state index is 0.0738. The quantitative estimate of drug-likeness (QED) is 0.898. The predicted octanol–water partition coefficient (Wildman–Crippen LogP) is 2.71. The molecule has 0 unspecified atom stereocenters. The number of alkyl halides is 3. The Morgan fingerprint density at radius 3 is 2.53 bits per heavy atom. The molecular formula is C13H13F3N2O. The van der Waals surface area contributed by atoms with Crippen LogP contribution in [0.2, 0.25) is 0 Å². The molecule has 1 aliphatic heterocycles. The summed E-state index contributed by atoms with van der Waals surface area (Å²) in [7, 11) is 0. The third-order valence-electron chi connectivity index (χ3n) is 3.01. The van der Waals surface area contributed by atoms with Crippen LogP contribution in [0.15, 0.2) is 18.2 Å². The fraction of sp³-hybridized carbons (Fsp3) is 0.462. The highest BCUT2D eigenvalue weighted by molar-refractivity contribution is 5.44. The summed E-state index contributed by atoms with van der Waals surface area (Å²) in [6.07, 6.45) is -3.09. The molecule has 1 fully saturated rings. The molecule has 1 N–H and O–H groups in total. The molecule has 0 amide bonds. The third-order valence-corrected chi connectivity index (χ3v) is 3.01. The summed E-state index contributed by atoms with van der Waals surface area (Å²) in [6, 6.07) is 5.02. The molecule has 1 saturated heterocycles. The molecule has 0 saturated carbocycles. The molecule has 3 nitrogen and oxygen atoms in total. The number of nitriles is 1. The van der Waals surface area contributed by atoms with Crippen molar-refractivity contribution in [2.24, 2.45) is 0 Å². The number of halogens is 3. The van der Waals surface area contributed by atoms with Gasteiger partial charge in [0.25, 0.3) is 0 Å². The molecule has 1 aromatic carbocycles. The van der Waals surface area contributed by atoms with Crippen LogP contribution in [0.5, 0.6) is 5.75 Å². The van der Waals surface area contributed by atoms with E-state index in [1.165, 1.54) is 6.07 Å². The molecule has 0 spiro atoms. The lowest BCUT2D eigenvalue weighted by Gasteiger charge is -2.24. The van der Waals surface area contributed by atoms with Crippen molar-refractivity contribution >= 4 is 0 Å². The number of rotatable bonds is 2. The van der Waals surface area contributed by atoms with Crippen LogP contribution in [-0.2, 0) is 6.18 Å². The van der Waals surface area contributed by atoms with Gasteiger partial charge in [-0.1, -0.05) is 0 Å². The molecule has 6 heteroatoms. The summed E-state index contributed by atoms with van der Waals surface area (Å²) in [4.78, 5) is 0. The standard InChI is InChI=1S/C13H13F3N2O/c14-13(15,16)12-7-11(2-1-9(12)8-17)19-10-3-5-18-6-4-10/h1-2,7,10,18H,3-6H2. The van der Waals surface area contributed by atoms with Crippen molar-refractivity contribution < 1.29 is 17.9 Å². The zero-order valence-corrected chi connectivity index (χ0v) is 10.1. The van der Waals surface area contributed by atoms with Gasteiger partial charge in [0.1, 0.15) is 11.9 Å². The highest BCUT2D eigenvalue weighted by atomic mass is 19.4. The Labute approximate surface area is 109 Å². The second kappa shape index (κ2) is 5.49. The fourth-order valence-corrected chi connectivity index (χ4v) is 2.03. The summed E-state index contributed by atoms with van der Waals surface area (Å²) in [5.41, 5.74) is -1.33. The van der Waals surface area contributed by atoms with Gasteiger partial charge in [0.15, 0.2) is 0 Å². The van der Waals surface area contributed by atoms with Crippen molar-refractivity contribution in [3.05, 3.63) is 29.3 Å². The molecule has 2 rings (SSSR count). The van der Waals surface area contributed by atoms with Gasteiger partial charge in [-0.15, -0.1) is 0 Å². The number of ether oxygens (including phenoxy) is 1. The SMILES string of the molecule is N#Cc1ccc(OC2CCNCC2)cc1C(F)(F)F. The Hall–Kier alpha value is -1.74. The second-order valence-electron chi connectivity index (χ2n) is 4.38. The van der Waals surface area contributed by atoms with E-state index < -0.39 is 11.7 Å². The monoisotopic (exact) mass is 270 g/mol. The van der Waals surface area contributed by atoms with E-state index in [4.69, 9.17) is 10.00 Å². The van der Waals surface area contributed by atoms with Crippen LogP contribution in [0.1, 0.15) is 24.0 Å². The zero-order valence-electron chi connectivity index (χ0n) is 10.1. The van der Waals surface area contributed by atoms with Crippen LogP contribution in [-0.4, -0.2) is 19.2 Å². The van der Waals surface area contributed by atoms with Crippen LogP contribution in [0, 0.1) is 11.3 Å². The van der Waals surface area contributed by atoms with Crippen molar-refractivity contribution in [1.29, 1.82) is 5.26 Å². The lowest BCUT2D eigenvalue weighted by atomic mass is 10.1. The zero-order chi connectivity index (χ0) is 13.9. The van der Waals surface area contributed by atoms with E-state index in [2.05, 4.69) is 5.32 Å². The van der Waals surface area contributed by atoms with Gasteiger partial charge in [0.2, 0.25) is 0 Å². The van der Waals surface area contributed by atoms with Crippen LogP contribution in [0.25, 0.3) is 0 Å². The topological polar surface area (TPSA) is 45.0 Å². The summed E-state index contributed by atoms with van der Waals surface area (Å²) in [6.45, 7) is 1.60. The van der Waals surface area contributed by atoms with Crippen molar-refractivity contribution in [1.82, 2.24) is 5.32 Å². The van der Waals surface area contributed by atoms with Gasteiger partial charge < -0.3 is 10.1 Å². The van der Waals surface area contributed by atoms with Crippen LogP contribution in [0.4, 0.5) is 13.2 Å². The molecule has 0 aromatic heterocycles. The number of nitrogens with zero attached hydrogens (tertiary/aromatic N) is 1. The minimum Gasteiger partial charge on any atom is -0.490 e. The minimum atomic E-state index is -4.54. The lowest BCUT2D eigenvalue weighted by Crippen LogP contribution is -2.34. The van der Waals surface area contributed by atoms with E-state index >= 15 is 0 Å². The van der Waals surface area contributed by atoms with E-state index in [0.717, 1.165) is 38.1 Å². The molecule has 0 aliphatic carbocycles. The summed E-state index contributed by atoms with van der Waals surface area (Å²) >= 11 is 0. The first kappa shape index (κ1) is 13.7. The summed E-state index contributed by atoms with van der Waals surface area (Å²) in [5, 5.41) is 11.8. The Morgan fingerprint density at radius 1 is 1.26 bits per heavy atom. The lowest BCUT2D eigenvalue weighted by molar-refractivity contribution is -0.137. The van der Waals surface area contributed by atoms with Gasteiger partial charge in [0, 0.05) is 0 Å². The first-order valence-electron chi connectivity index (χ1n) is 5.99. The van der Waals surface area contributed by atoms with E-state index in [1.807, 2.05) is 0 Å². The first-order chi connectivity index (χ1) is 9.00. The van der Waals surface area contributed by atoms with E-state index in [1.54, 1.807) is 6.07 Å². The van der Waals surface area contributed by atoms with Crippen molar-refractivity contribution in [2.45, 2.75) is 25.1 Å². The van der Waals surface area contributed by atoms with Crippen LogP contribution >= 0.6 is 0 Å². The molecular weight excluding hydrogens is 257 g/mol. The average Bonchev–Trinajstić information content (AvgIpc) is 2.39. The molecule has 19 heavy (non-hydrogen) atoms. The molecule has 1 aliphatic rings. The van der Waals surface area contributed by atoms with Crippen molar-refractivity contribution in [3.8, 4) is 11.8 Å². The molecule has 1 aromatic rings. The van der Waals surface area contributed by atoms with Gasteiger partial charge in [-0.3, -0.25) is 0 Å². The molecule has 0 atom stereocenters. The normalized spacial score (nSPS) is 16.9. The number of benzene rings is 1. The van der Waals surface area contributed by atoms with E-state index in [0.29, 0.717) is 0 Å². The predicted molar refractivity (Wildman–Crippen MR) is 62.7 cm³/mol. The Balaban J connectivity index is 2.20. The molecule has 1 heterocycles. The van der Waals surface area contributed by atoms with Gasteiger partial charge in [-0.25, -0.2) is 0 Å². The van der Waals surface area contributed by atoms with Crippen molar-refractivity contribution in [2.75, 3.05) is 13.1 Å². The summed E-state index contributed by atoms with van der Waals surface area (Å²) in [5.74, 6) is 0.165. The third kappa shape index (κ3) is 3.38. The fourth-order valence-electron chi connectivity index (χ4n) is 2.03. The van der Waals surface area contributed by atoms with Crippen molar-refractivity contribution in [3.63, 3.8) is 0 Å². The Morgan fingerprint density at radius 2 is 1.95 bits per heavy atom. The highest BCUT2D eigenvalue weighted by Gasteiger charge is 2.34. The first-order valence-corrected chi connectivity index (χ1v) is 5.99. The second-order valence-corrected chi connectivity index (χ2v) is 4.38. The number of hydrogen-bond acceptors (Lipinski definition) is 3. The van der Waals surface area contributed by atoms with Gasteiger partial charge in [0.05, 0.1) is 17.2 Å². The maximum absolute atomic E-state index is 12.8. The van der Waals surface area contributed by atoms with Crippen LogP contribution < -0.4 is 10.1 Å². The largest absolute Gasteiger partial charge is 0.490 e. The molecule has 0 radical (unpaired) electrons. The van der Waals surface area contributed by atoms with Crippen LogP contribution in [0.3, 0.4) is 0 Å². The van der Waals surface area contributed by atoms with Gasteiger partial charge in [-0.2, -0.15) is 18.4 Å².